The third-order valence-electron chi connectivity index (χ3n) is 6.16. The van der Waals surface area contributed by atoms with Gasteiger partial charge < -0.3 is 4.74 Å². The Balaban J connectivity index is 1.48. The van der Waals surface area contributed by atoms with Gasteiger partial charge in [0.25, 0.3) is 0 Å². The minimum atomic E-state index is -3.80. The van der Waals surface area contributed by atoms with E-state index in [9.17, 15) is 8.42 Å². The molecule has 1 aromatic heterocycles. The number of hydrogen-bond donors (Lipinski definition) is 1. The molecule has 0 spiro atoms. The lowest BCUT2D eigenvalue weighted by Gasteiger charge is -2.23. The molecule has 0 atom stereocenters. The van der Waals surface area contributed by atoms with E-state index in [2.05, 4.69) is 10.2 Å². The first-order valence-corrected chi connectivity index (χ1v) is 13.8. The molecule has 0 unspecified atom stereocenters. The highest BCUT2D eigenvalue weighted by atomic mass is 32.2. The van der Waals surface area contributed by atoms with Gasteiger partial charge in [0.15, 0.2) is 10.6 Å². The molecule has 7 nitrogen and oxygen atoms in total. The molecule has 9 heteroatoms. The highest BCUT2D eigenvalue weighted by Gasteiger charge is 2.25. The van der Waals surface area contributed by atoms with E-state index in [-0.39, 0.29) is 18.0 Å². The Hall–Kier alpha value is -4.05. The maximum atomic E-state index is 13.8. The van der Waals surface area contributed by atoms with E-state index in [0.717, 1.165) is 22.4 Å². The van der Waals surface area contributed by atoms with Crippen molar-refractivity contribution >= 4 is 22.2 Å². The molecule has 0 saturated heterocycles. The highest BCUT2D eigenvalue weighted by molar-refractivity contribution is 7.89. The van der Waals surface area contributed by atoms with Gasteiger partial charge in [-0.2, -0.15) is 9.40 Å². The Kier molecular flexibility index (Phi) is 7.50. The van der Waals surface area contributed by atoms with E-state index < -0.39 is 10.0 Å². The summed E-state index contributed by atoms with van der Waals surface area (Å²) in [6.07, 6.45) is 0. The molecule has 1 N–H and O–H groups in total. The summed E-state index contributed by atoms with van der Waals surface area (Å²) < 4.78 is 36.6. The van der Waals surface area contributed by atoms with E-state index in [4.69, 9.17) is 17.0 Å². The van der Waals surface area contributed by atoms with Crippen LogP contribution in [0.2, 0.25) is 0 Å². The maximum Gasteiger partial charge on any atom is 0.243 e. The summed E-state index contributed by atoms with van der Waals surface area (Å²) in [4.78, 5) is 0.203. The van der Waals surface area contributed by atoms with Gasteiger partial charge in [0.2, 0.25) is 10.0 Å². The van der Waals surface area contributed by atoms with Gasteiger partial charge in [-0.05, 0) is 71.9 Å². The number of methoxy groups -OCH3 is 1. The van der Waals surface area contributed by atoms with Gasteiger partial charge in [-0.25, -0.2) is 8.42 Å². The molecule has 0 amide bonds. The van der Waals surface area contributed by atoms with Crippen molar-refractivity contribution in [1.29, 1.82) is 0 Å². The van der Waals surface area contributed by atoms with Gasteiger partial charge in [-0.15, -0.1) is 0 Å². The predicted octanol–water partition coefficient (Wildman–Crippen LogP) is 6.00. The van der Waals surface area contributed by atoms with Crippen molar-refractivity contribution in [2.75, 3.05) is 7.11 Å². The fourth-order valence-corrected chi connectivity index (χ4v) is 5.84. The zero-order valence-corrected chi connectivity index (χ0v) is 22.3. The molecule has 0 aliphatic rings. The van der Waals surface area contributed by atoms with E-state index >= 15 is 0 Å². The molecule has 192 valence electrons. The van der Waals surface area contributed by atoms with Crippen LogP contribution in [0.5, 0.6) is 5.75 Å². The second-order valence-corrected chi connectivity index (χ2v) is 11.0. The summed E-state index contributed by atoms with van der Waals surface area (Å²) in [5.74, 6) is 1.35. The fraction of sp³-hybridized carbons (Fsp3) is 0.103. The molecule has 0 aliphatic heterocycles. The van der Waals surface area contributed by atoms with Crippen molar-refractivity contribution < 1.29 is 13.2 Å². The summed E-state index contributed by atoms with van der Waals surface area (Å²) >= 11 is 5.49. The number of H-pyrrole nitrogens is 1. The lowest BCUT2D eigenvalue weighted by atomic mass is 10.2. The molecule has 0 bridgehead atoms. The van der Waals surface area contributed by atoms with Crippen LogP contribution in [0.3, 0.4) is 0 Å². The van der Waals surface area contributed by atoms with E-state index in [0.29, 0.717) is 16.3 Å². The number of hydrogen-bond acceptors (Lipinski definition) is 5. The topological polar surface area (TPSA) is 80.2 Å². The summed E-state index contributed by atoms with van der Waals surface area (Å²) in [5, 5.41) is 7.23. The van der Waals surface area contributed by atoms with Gasteiger partial charge in [-0.1, -0.05) is 60.7 Å². The predicted molar refractivity (Wildman–Crippen MR) is 150 cm³/mol. The molecule has 38 heavy (non-hydrogen) atoms. The zero-order valence-electron chi connectivity index (χ0n) is 20.7. The summed E-state index contributed by atoms with van der Waals surface area (Å²) in [7, 11) is -2.19. The Bertz CT molecular complexity index is 1620. The van der Waals surface area contributed by atoms with Crippen LogP contribution in [-0.2, 0) is 23.1 Å². The molecule has 0 saturated carbocycles. The lowest BCUT2D eigenvalue weighted by Crippen LogP contribution is -2.30. The number of aromatic amines is 1. The third kappa shape index (κ3) is 5.45. The van der Waals surface area contributed by atoms with Crippen molar-refractivity contribution in [2.45, 2.75) is 18.0 Å². The minimum absolute atomic E-state index is 0.203. The van der Waals surface area contributed by atoms with E-state index in [1.54, 1.807) is 35.9 Å². The van der Waals surface area contributed by atoms with E-state index in [1.807, 2.05) is 84.9 Å². The Labute approximate surface area is 227 Å². The number of sulfonamides is 1. The SMILES string of the molecule is COc1ccc(-c2n[nH]c(=S)n2-c2ccc(S(=O)(=O)N(Cc3ccccc3)Cc3ccccc3)cc2)cc1. The Morgan fingerprint density at radius 2 is 1.37 bits per heavy atom. The summed E-state index contributed by atoms with van der Waals surface area (Å²) in [6, 6.07) is 33.4. The molecule has 5 aromatic rings. The molecule has 0 radical (unpaired) electrons. The second kappa shape index (κ2) is 11.1. The monoisotopic (exact) mass is 542 g/mol. The van der Waals surface area contributed by atoms with Crippen molar-refractivity contribution in [1.82, 2.24) is 19.1 Å². The Morgan fingerprint density at radius 3 is 1.89 bits per heavy atom. The summed E-state index contributed by atoms with van der Waals surface area (Å²) in [5.41, 5.74) is 3.37. The molecular formula is C29H26N4O3S2. The highest BCUT2D eigenvalue weighted by Crippen LogP contribution is 2.26. The van der Waals surface area contributed by atoms with Gasteiger partial charge in [0, 0.05) is 18.7 Å². The minimum Gasteiger partial charge on any atom is -0.497 e. The standard InChI is InChI=1S/C29H26N4O3S2/c1-36-26-16-12-24(13-17-26)28-30-31-29(37)33(28)25-14-18-27(19-15-25)38(34,35)32(20-22-8-4-2-5-9-22)21-23-10-6-3-7-11-23/h2-19H,20-21H2,1H3,(H,31,37). The Morgan fingerprint density at radius 1 is 0.816 bits per heavy atom. The summed E-state index contributed by atoms with van der Waals surface area (Å²) in [6.45, 7) is 0.516. The van der Waals surface area contributed by atoms with Crippen molar-refractivity contribution in [2.24, 2.45) is 0 Å². The van der Waals surface area contributed by atoms with Gasteiger partial charge in [0.05, 0.1) is 17.7 Å². The number of nitrogens with one attached hydrogen (secondary N) is 1. The van der Waals surface area contributed by atoms with Crippen LogP contribution in [0.25, 0.3) is 17.1 Å². The van der Waals surface area contributed by atoms with Crippen molar-refractivity contribution in [3.63, 3.8) is 0 Å². The van der Waals surface area contributed by atoms with Crippen LogP contribution >= 0.6 is 12.2 Å². The fourth-order valence-electron chi connectivity index (χ4n) is 4.19. The second-order valence-electron chi connectivity index (χ2n) is 8.65. The van der Waals surface area contributed by atoms with Crippen molar-refractivity contribution in [3.8, 4) is 22.8 Å². The van der Waals surface area contributed by atoms with Crippen LogP contribution < -0.4 is 4.74 Å². The van der Waals surface area contributed by atoms with Crippen molar-refractivity contribution in [3.05, 3.63) is 125 Å². The average Bonchev–Trinajstić information content (AvgIpc) is 3.35. The molecule has 0 aliphatic carbocycles. The molecule has 4 aromatic carbocycles. The van der Waals surface area contributed by atoms with E-state index in [1.165, 1.54) is 4.31 Å². The average molecular weight is 543 g/mol. The largest absolute Gasteiger partial charge is 0.497 e. The molecule has 5 rings (SSSR count). The number of ether oxygens (including phenoxy) is 1. The van der Waals surface area contributed by atoms with Gasteiger partial charge >= 0.3 is 0 Å². The van der Waals surface area contributed by atoms with Crippen LogP contribution in [0, 0.1) is 4.77 Å². The first-order chi connectivity index (χ1) is 18.5. The molecule has 0 fully saturated rings. The smallest absolute Gasteiger partial charge is 0.243 e. The first kappa shape index (κ1) is 25.6. The van der Waals surface area contributed by atoms with Crippen LogP contribution in [-0.4, -0.2) is 34.6 Å². The molecular weight excluding hydrogens is 516 g/mol. The number of aromatic nitrogens is 3. The third-order valence-corrected chi connectivity index (χ3v) is 8.24. The quantitative estimate of drug-likeness (QED) is 0.231. The lowest BCUT2D eigenvalue weighted by molar-refractivity contribution is 0.401. The van der Waals surface area contributed by atoms with Gasteiger partial charge in [0.1, 0.15) is 5.75 Å². The molecule has 1 heterocycles. The number of nitrogens with zero attached hydrogens (tertiary/aromatic N) is 3. The van der Waals surface area contributed by atoms with Crippen LogP contribution in [0.4, 0.5) is 0 Å². The zero-order chi connectivity index (χ0) is 26.5. The van der Waals surface area contributed by atoms with Crippen LogP contribution in [0.1, 0.15) is 11.1 Å². The first-order valence-electron chi connectivity index (χ1n) is 12.0. The van der Waals surface area contributed by atoms with Gasteiger partial charge in [-0.3, -0.25) is 9.67 Å². The normalized spacial score (nSPS) is 11.5. The van der Waals surface area contributed by atoms with Crippen LogP contribution in [0.15, 0.2) is 114 Å². The number of benzene rings is 4. The maximum absolute atomic E-state index is 13.8. The number of rotatable bonds is 9.